The zero-order chi connectivity index (χ0) is 42.8. The average molecular weight is 843 g/mol. The minimum absolute atomic E-state index is 1.01. The molecule has 13 rings (SSSR count). The number of benzene rings is 11. The molecule has 0 spiro atoms. The SMILES string of the molecule is C1=c2c(-c3ccc(-c4c5ccccc5c(-c5cccc6ccccc56)c5ccccc45)cc3)c(-c3ccccc3)c3sc(-c4cccc5ccccc45)c(-c4ccccc4)c3c2=CCC1. The summed E-state index contributed by atoms with van der Waals surface area (Å²) in [6.07, 6.45) is 7.07. The van der Waals surface area contributed by atoms with E-state index in [2.05, 4.69) is 231 Å². The summed E-state index contributed by atoms with van der Waals surface area (Å²) in [5.74, 6) is 0. The quantitative estimate of drug-likeness (QED) is 0.146. The van der Waals surface area contributed by atoms with Crippen LogP contribution in [-0.4, -0.2) is 0 Å². The zero-order valence-corrected chi connectivity index (χ0v) is 36.6. The molecule has 1 heterocycles. The largest absolute Gasteiger partial charge is 0.134 e. The van der Waals surface area contributed by atoms with E-state index < -0.39 is 0 Å². The third kappa shape index (κ3) is 6.04. The molecule has 0 fully saturated rings. The molecule has 1 aliphatic carbocycles. The van der Waals surface area contributed by atoms with Gasteiger partial charge in [-0.05, 0) is 111 Å². The average Bonchev–Trinajstić information content (AvgIpc) is 3.78. The normalized spacial score (nSPS) is 12.4. The van der Waals surface area contributed by atoms with Gasteiger partial charge in [-0.2, -0.15) is 0 Å². The summed E-state index contributed by atoms with van der Waals surface area (Å²) in [5, 5.41) is 14.2. The van der Waals surface area contributed by atoms with Gasteiger partial charge in [0.15, 0.2) is 0 Å². The van der Waals surface area contributed by atoms with Crippen LogP contribution in [0.25, 0.3) is 131 Å². The van der Waals surface area contributed by atoms with Crippen molar-refractivity contribution in [3.05, 3.63) is 229 Å². The third-order valence-corrected chi connectivity index (χ3v) is 14.9. The van der Waals surface area contributed by atoms with Crippen molar-refractivity contribution in [3.63, 3.8) is 0 Å². The van der Waals surface area contributed by atoms with Gasteiger partial charge in [-0.1, -0.05) is 231 Å². The third-order valence-electron chi connectivity index (χ3n) is 13.7. The van der Waals surface area contributed by atoms with Gasteiger partial charge in [-0.3, -0.25) is 0 Å². The summed E-state index contributed by atoms with van der Waals surface area (Å²) < 4.78 is 1.34. The van der Waals surface area contributed by atoms with E-state index in [0.717, 1.165) is 12.8 Å². The first kappa shape index (κ1) is 37.7. The Morgan fingerprint density at radius 1 is 0.277 bits per heavy atom. The lowest BCUT2D eigenvalue weighted by Crippen LogP contribution is -2.30. The van der Waals surface area contributed by atoms with E-state index in [9.17, 15) is 0 Å². The van der Waals surface area contributed by atoms with Crippen molar-refractivity contribution >= 4 is 76.7 Å². The first-order chi connectivity index (χ1) is 32.3. The van der Waals surface area contributed by atoms with Gasteiger partial charge in [0.2, 0.25) is 0 Å². The maximum Gasteiger partial charge on any atom is 0.0446 e. The summed E-state index contributed by atoms with van der Waals surface area (Å²) >= 11 is 1.96. The summed E-state index contributed by atoms with van der Waals surface area (Å²) in [7, 11) is 0. The van der Waals surface area contributed by atoms with Gasteiger partial charge in [-0.25, -0.2) is 0 Å². The second-order valence-corrected chi connectivity index (χ2v) is 18.3. The van der Waals surface area contributed by atoms with E-state index in [1.165, 1.54) is 130 Å². The number of thiophene rings is 1. The maximum absolute atomic E-state index is 2.52. The highest BCUT2D eigenvalue weighted by Crippen LogP contribution is 2.51. The van der Waals surface area contributed by atoms with Gasteiger partial charge < -0.3 is 0 Å². The minimum atomic E-state index is 1.01. The van der Waals surface area contributed by atoms with Crippen LogP contribution in [0.15, 0.2) is 218 Å². The second kappa shape index (κ2) is 15.5. The number of rotatable bonds is 6. The van der Waals surface area contributed by atoms with E-state index in [-0.39, 0.29) is 0 Å². The molecule has 304 valence electrons. The summed E-state index contributed by atoms with van der Waals surface area (Å²) in [6, 6.07) is 80.9. The fraction of sp³-hybridized carbons (Fsp3) is 0.0312. The monoisotopic (exact) mass is 842 g/mol. The van der Waals surface area contributed by atoms with E-state index in [1.807, 2.05) is 11.3 Å². The Morgan fingerprint density at radius 2 is 0.692 bits per heavy atom. The van der Waals surface area contributed by atoms with Crippen LogP contribution in [0, 0.1) is 0 Å². The Kier molecular flexibility index (Phi) is 8.96. The van der Waals surface area contributed by atoms with Gasteiger partial charge in [0.1, 0.15) is 0 Å². The molecule has 0 amide bonds. The molecule has 1 aromatic heterocycles. The summed E-state index contributed by atoms with van der Waals surface area (Å²) in [5.41, 5.74) is 14.0. The van der Waals surface area contributed by atoms with Crippen molar-refractivity contribution in [2.24, 2.45) is 0 Å². The maximum atomic E-state index is 2.52. The first-order valence-electron chi connectivity index (χ1n) is 22.7. The highest BCUT2D eigenvalue weighted by molar-refractivity contribution is 7.23. The summed E-state index contributed by atoms with van der Waals surface area (Å²) in [4.78, 5) is 1.32. The van der Waals surface area contributed by atoms with E-state index >= 15 is 0 Å². The number of hydrogen-bond donors (Lipinski definition) is 0. The lowest BCUT2D eigenvalue weighted by molar-refractivity contribution is 1.12. The minimum Gasteiger partial charge on any atom is -0.134 e. The highest BCUT2D eigenvalue weighted by Gasteiger charge is 2.26. The van der Waals surface area contributed by atoms with Crippen molar-refractivity contribution in [2.75, 3.05) is 0 Å². The molecule has 1 heteroatoms. The number of hydrogen-bond acceptors (Lipinski definition) is 1. The molecule has 0 unspecified atom stereocenters. The van der Waals surface area contributed by atoms with Gasteiger partial charge in [0.25, 0.3) is 0 Å². The zero-order valence-electron chi connectivity index (χ0n) is 35.8. The van der Waals surface area contributed by atoms with Gasteiger partial charge >= 0.3 is 0 Å². The van der Waals surface area contributed by atoms with Crippen LogP contribution >= 0.6 is 11.3 Å². The molecule has 0 N–H and O–H groups in total. The lowest BCUT2D eigenvalue weighted by atomic mass is 9.83. The van der Waals surface area contributed by atoms with Gasteiger partial charge in [0, 0.05) is 31.7 Å². The molecule has 0 nitrogen and oxygen atoms in total. The standard InChI is InChI=1S/C64H42S/c1-3-21-43(22-4-1)59-58(52-31-13-16-34-55(52)62-60(44-23-5-2-6-24-44)63(65-64(59)62)56-36-18-26-42-20-8-10-28-48(42)56)46-39-37-45(38-40-46)57-50-29-11-14-32-53(50)61(54-33-15-12-30-51(54)57)49-35-17-25-41-19-7-9-27-47(41)49/h1-12,14-15,17-40H,13,16H2. The predicted octanol–water partition coefficient (Wildman–Crippen LogP) is 16.9. The van der Waals surface area contributed by atoms with Crippen molar-refractivity contribution in [1.29, 1.82) is 0 Å². The molecule has 0 radical (unpaired) electrons. The Labute approximate surface area is 382 Å². The first-order valence-corrected chi connectivity index (χ1v) is 23.6. The molecule has 0 atom stereocenters. The topological polar surface area (TPSA) is 0 Å². The fourth-order valence-electron chi connectivity index (χ4n) is 10.9. The van der Waals surface area contributed by atoms with Crippen LogP contribution in [-0.2, 0) is 0 Å². The molecule has 0 aliphatic heterocycles. The van der Waals surface area contributed by atoms with Crippen LogP contribution in [0.3, 0.4) is 0 Å². The highest BCUT2D eigenvalue weighted by atomic mass is 32.1. The van der Waals surface area contributed by atoms with Crippen LogP contribution in [0.4, 0.5) is 0 Å². The van der Waals surface area contributed by atoms with Crippen molar-refractivity contribution < 1.29 is 0 Å². The van der Waals surface area contributed by atoms with Crippen molar-refractivity contribution in [3.8, 4) is 66.1 Å². The fourth-order valence-corrected chi connectivity index (χ4v) is 12.4. The van der Waals surface area contributed by atoms with Crippen LogP contribution in [0.5, 0.6) is 0 Å². The van der Waals surface area contributed by atoms with Crippen LogP contribution in [0.1, 0.15) is 12.8 Å². The Balaban J connectivity index is 1.08. The van der Waals surface area contributed by atoms with E-state index in [1.54, 1.807) is 0 Å². The molecule has 0 saturated heterocycles. The van der Waals surface area contributed by atoms with E-state index in [4.69, 9.17) is 0 Å². The van der Waals surface area contributed by atoms with Crippen LogP contribution in [0.2, 0.25) is 0 Å². The molecular weight excluding hydrogens is 801 g/mol. The number of fused-ring (bicyclic) bond motifs is 7. The van der Waals surface area contributed by atoms with Crippen LogP contribution < -0.4 is 10.4 Å². The second-order valence-electron chi connectivity index (χ2n) is 17.3. The molecule has 12 aromatic rings. The lowest BCUT2D eigenvalue weighted by Gasteiger charge is -2.20. The Morgan fingerprint density at radius 3 is 1.28 bits per heavy atom. The Bertz CT molecular complexity index is 3900. The smallest absolute Gasteiger partial charge is 0.0446 e. The van der Waals surface area contributed by atoms with Crippen molar-refractivity contribution in [1.82, 2.24) is 0 Å². The van der Waals surface area contributed by atoms with Crippen molar-refractivity contribution in [2.45, 2.75) is 12.8 Å². The predicted molar refractivity (Wildman–Crippen MR) is 282 cm³/mol. The molecule has 1 aliphatic rings. The van der Waals surface area contributed by atoms with Gasteiger partial charge in [-0.15, -0.1) is 11.3 Å². The van der Waals surface area contributed by atoms with E-state index in [0.29, 0.717) is 0 Å². The molecule has 11 aromatic carbocycles. The molecule has 65 heavy (non-hydrogen) atoms. The van der Waals surface area contributed by atoms with Gasteiger partial charge in [0.05, 0.1) is 0 Å². The Hall–Kier alpha value is -7.84. The molecule has 0 saturated carbocycles. The molecule has 0 bridgehead atoms. The molecular formula is C64H42S. The summed E-state index contributed by atoms with van der Waals surface area (Å²) in [6.45, 7) is 0.